The summed E-state index contributed by atoms with van der Waals surface area (Å²) in [4.78, 5) is 4.38. The Labute approximate surface area is 97.0 Å². The number of hydrogen-bond acceptors (Lipinski definition) is 3. The molecule has 4 heteroatoms. The van der Waals surface area contributed by atoms with Crippen molar-refractivity contribution >= 4 is 0 Å². The molecule has 2 rings (SSSR count). The summed E-state index contributed by atoms with van der Waals surface area (Å²) in [5.74, 6) is 1.75. The van der Waals surface area contributed by atoms with Crippen molar-refractivity contribution in [1.82, 2.24) is 14.9 Å². The monoisotopic (exact) mass is 223 g/mol. The number of imidazole rings is 1. The van der Waals surface area contributed by atoms with Gasteiger partial charge in [0.2, 0.25) is 0 Å². The summed E-state index contributed by atoms with van der Waals surface area (Å²) in [7, 11) is 4.07. The summed E-state index contributed by atoms with van der Waals surface area (Å²) in [6.45, 7) is 3.02. The van der Waals surface area contributed by atoms with E-state index in [1.807, 2.05) is 26.5 Å². The van der Waals surface area contributed by atoms with Gasteiger partial charge in [-0.25, -0.2) is 4.98 Å². The Morgan fingerprint density at radius 3 is 3.00 bits per heavy atom. The fraction of sp³-hybridized carbons (Fsp3) is 0.750. The molecule has 0 aliphatic carbocycles. The number of nitrogens with one attached hydrogen (secondary N) is 1. The van der Waals surface area contributed by atoms with Gasteiger partial charge in [-0.05, 0) is 20.4 Å². The van der Waals surface area contributed by atoms with E-state index < -0.39 is 0 Å². The Morgan fingerprint density at radius 2 is 2.50 bits per heavy atom. The molecule has 1 saturated heterocycles. The lowest BCUT2D eigenvalue weighted by molar-refractivity contribution is 0.117. The Morgan fingerprint density at radius 1 is 1.69 bits per heavy atom. The number of aromatic nitrogens is 2. The third-order valence-electron chi connectivity index (χ3n) is 3.49. The maximum absolute atomic E-state index is 5.63. The smallest absolute Gasteiger partial charge is 0.109 e. The Balaban J connectivity index is 1.98. The van der Waals surface area contributed by atoms with Gasteiger partial charge in [-0.3, -0.25) is 0 Å². The van der Waals surface area contributed by atoms with E-state index in [0.717, 1.165) is 25.3 Å². The second-order valence-electron chi connectivity index (χ2n) is 4.69. The highest BCUT2D eigenvalue weighted by Gasteiger charge is 2.29. The Hall–Kier alpha value is -0.870. The molecule has 0 bridgehead atoms. The molecule has 3 unspecified atom stereocenters. The van der Waals surface area contributed by atoms with Gasteiger partial charge in [-0.2, -0.15) is 0 Å². The van der Waals surface area contributed by atoms with E-state index in [1.54, 1.807) is 0 Å². The number of nitrogens with zero attached hydrogens (tertiary/aromatic N) is 2. The zero-order valence-corrected chi connectivity index (χ0v) is 10.3. The molecule has 1 aromatic rings. The molecular weight excluding hydrogens is 202 g/mol. The van der Waals surface area contributed by atoms with Crippen LogP contribution in [0.15, 0.2) is 12.4 Å². The first-order valence-electron chi connectivity index (χ1n) is 5.95. The van der Waals surface area contributed by atoms with E-state index in [2.05, 4.69) is 21.8 Å². The molecule has 1 N–H and O–H groups in total. The van der Waals surface area contributed by atoms with E-state index in [4.69, 9.17) is 4.74 Å². The van der Waals surface area contributed by atoms with E-state index in [-0.39, 0.29) is 0 Å². The van der Waals surface area contributed by atoms with Crippen molar-refractivity contribution in [2.45, 2.75) is 31.9 Å². The van der Waals surface area contributed by atoms with Gasteiger partial charge in [0.25, 0.3) is 0 Å². The third-order valence-corrected chi connectivity index (χ3v) is 3.49. The average molecular weight is 223 g/mol. The number of likely N-dealkylation sites (N-methyl/N-ethyl adjacent to an activating group) is 1. The summed E-state index contributed by atoms with van der Waals surface area (Å²) in [6, 6.07) is 0.464. The van der Waals surface area contributed by atoms with Crippen LogP contribution in [0.25, 0.3) is 0 Å². The van der Waals surface area contributed by atoms with Crippen molar-refractivity contribution in [3.8, 4) is 0 Å². The van der Waals surface area contributed by atoms with Gasteiger partial charge in [0.1, 0.15) is 5.82 Å². The second kappa shape index (κ2) is 4.97. The number of aryl methyl sites for hydroxylation is 1. The largest absolute Gasteiger partial charge is 0.378 e. The van der Waals surface area contributed by atoms with Crippen LogP contribution >= 0.6 is 0 Å². The van der Waals surface area contributed by atoms with Crippen molar-refractivity contribution in [2.75, 3.05) is 13.7 Å². The minimum Gasteiger partial charge on any atom is -0.378 e. The maximum atomic E-state index is 5.63. The molecule has 3 atom stereocenters. The molecule has 1 aliphatic heterocycles. The predicted molar refractivity (Wildman–Crippen MR) is 63.3 cm³/mol. The van der Waals surface area contributed by atoms with E-state index in [1.165, 1.54) is 0 Å². The van der Waals surface area contributed by atoms with Crippen molar-refractivity contribution in [2.24, 2.45) is 13.0 Å². The van der Waals surface area contributed by atoms with Crippen LogP contribution in [0.4, 0.5) is 0 Å². The van der Waals surface area contributed by atoms with Crippen molar-refractivity contribution < 1.29 is 4.74 Å². The first-order chi connectivity index (χ1) is 7.70. The lowest BCUT2D eigenvalue weighted by atomic mass is 9.94. The molecule has 90 valence electrons. The molecule has 0 amide bonds. The molecular formula is C12H21N3O. The normalized spacial score (nSPS) is 27.2. The summed E-state index contributed by atoms with van der Waals surface area (Å²) in [5.41, 5.74) is 0. The SMILES string of the molecule is CNC(Cc1nccn1C)C1COC(C)C1. The van der Waals surface area contributed by atoms with E-state index in [0.29, 0.717) is 18.1 Å². The fourth-order valence-corrected chi connectivity index (χ4v) is 2.43. The highest BCUT2D eigenvalue weighted by atomic mass is 16.5. The van der Waals surface area contributed by atoms with Gasteiger partial charge >= 0.3 is 0 Å². The fourth-order valence-electron chi connectivity index (χ4n) is 2.43. The van der Waals surface area contributed by atoms with Gasteiger partial charge < -0.3 is 14.6 Å². The number of ether oxygens (including phenoxy) is 1. The molecule has 0 spiro atoms. The molecule has 1 aromatic heterocycles. The molecule has 16 heavy (non-hydrogen) atoms. The van der Waals surface area contributed by atoms with Crippen molar-refractivity contribution in [3.05, 3.63) is 18.2 Å². The highest BCUT2D eigenvalue weighted by molar-refractivity contribution is 4.96. The third kappa shape index (κ3) is 2.44. The average Bonchev–Trinajstić information content (AvgIpc) is 2.85. The minimum atomic E-state index is 0.405. The maximum Gasteiger partial charge on any atom is 0.109 e. The first kappa shape index (κ1) is 11.6. The van der Waals surface area contributed by atoms with Crippen LogP contribution < -0.4 is 5.32 Å². The Kier molecular flexibility index (Phi) is 3.61. The standard InChI is InChI=1S/C12H21N3O/c1-9-6-10(8-16-9)11(13-2)7-12-14-4-5-15(12)3/h4-5,9-11,13H,6-8H2,1-3H3. The van der Waals surface area contributed by atoms with Crippen LogP contribution in [0.2, 0.25) is 0 Å². The molecule has 4 nitrogen and oxygen atoms in total. The topological polar surface area (TPSA) is 39.1 Å². The van der Waals surface area contributed by atoms with Crippen LogP contribution in [-0.4, -0.2) is 35.4 Å². The molecule has 0 saturated carbocycles. The van der Waals surface area contributed by atoms with Crippen LogP contribution in [0, 0.1) is 5.92 Å². The first-order valence-corrected chi connectivity index (χ1v) is 5.95. The molecule has 2 heterocycles. The summed E-state index contributed by atoms with van der Waals surface area (Å²) in [5, 5.41) is 3.40. The highest BCUT2D eigenvalue weighted by Crippen LogP contribution is 2.23. The summed E-state index contributed by atoms with van der Waals surface area (Å²) in [6.07, 6.45) is 6.38. The molecule has 0 radical (unpaired) electrons. The van der Waals surface area contributed by atoms with Gasteiger partial charge in [0.15, 0.2) is 0 Å². The quantitative estimate of drug-likeness (QED) is 0.827. The zero-order valence-electron chi connectivity index (χ0n) is 10.3. The van der Waals surface area contributed by atoms with Gasteiger partial charge in [-0.1, -0.05) is 0 Å². The number of rotatable bonds is 4. The predicted octanol–water partition coefficient (Wildman–Crippen LogP) is 0.976. The van der Waals surface area contributed by atoms with Crippen LogP contribution in [-0.2, 0) is 18.2 Å². The Bertz CT molecular complexity index is 337. The van der Waals surface area contributed by atoms with Crippen molar-refractivity contribution in [1.29, 1.82) is 0 Å². The molecule has 1 aliphatic rings. The van der Waals surface area contributed by atoms with E-state index >= 15 is 0 Å². The van der Waals surface area contributed by atoms with E-state index in [9.17, 15) is 0 Å². The zero-order chi connectivity index (χ0) is 11.5. The van der Waals surface area contributed by atoms with Crippen molar-refractivity contribution in [3.63, 3.8) is 0 Å². The molecule has 1 fully saturated rings. The minimum absolute atomic E-state index is 0.405. The molecule has 0 aromatic carbocycles. The number of hydrogen-bond donors (Lipinski definition) is 1. The van der Waals surface area contributed by atoms with Crippen LogP contribution in [0.5, 0.6) is 0 Å². The summed E-state index contributed by atoms with van der Waals surface area (Å²) < 4.78 is 7.72. The van der Waals surface area contributed by atoms with Crippen LogP contribution in [0.3, 0.4) is 0 Å². The second-order valence-corrected chi connectivity index (χ2v) is 4.69. The summed E-state index contributed by atoms with van der Waals surface area (Å²) >= 11 is 0. The van der Waals surface area contributed by atoms with Gasteiger partial charge in [-0.15, -0.1) is 0 Å². The van der Waals surface area contributed by atoms with Crippen LogP contribution in [0.1, 0.15) is 19.2 Å². The van der Waals surface area contributed by atoms with Gasteiger partial charge in [0.05, 0.1) is 12.7 Å². The lowest BCUT2D eigenvalue weighted by Gasteiger charge is -2.21. The lowest BCUT2D eigenvalue weighted by Crippen LogP contribution is -2.36. The van der Waals surface area contributed by atoms with Gasteiger partial charge in [0, 0.05) is 37.8 Å².